The van der Waals surface area contributed by atoms with Gasteiger partial charge >= 0.3 is 0 Å². The summed E-state index contributed by atoms with van der Waals surface area (Å²) in [5, 5.41) is 20.0. The maximum Gasteiger partial charge on any atom is 0.275 e. The third-order valence-corrected chi connectivity index (χ3v) is 4.48. The van der Waals surface area contributed by atoms with Gasteiger partial charge in [-0.2, -0.15) is 5.10 Å². The molecule has 0 aliphatic carbocycles. The number of benzene rings is 3. The van der Waals surface area contributed by atoms with E-state index in [-0.39, 0.29) is 23.6 Å². The van der Waals surface area contributed by atoms with Gasteiger partial charge in [-0.15, -0.1) is 0 Å². The number of nitrogens with one attached hydrogen (secondary N) is 3. The average Bonchev–Trinajstić information content (AvgIpc) is 2.76. The van der Waals surface area contributed by atoms with Crippen LogP contribution < -0.4 is 16.1 Å². The van der Waals surface area contributed by atoms with Crippen LogP contribution in [0, 0.1) is 6.92 Å². The Morgan fingerprint density at radius 1 is 0.871 bits per heavy atom. The SMILES string of the molecule is C/C(CC(=O)Nc1ccc(Nc2ccccc2)cc1)=N/NC(=O)c1cccc(C)c1O. The van der Waals surface area contributed by atoms with Crippen molar-refractivity contribution in [2.75, 3.05) is 10.6 Å². The van der Waals surface area contributed by atoms with Gasteiger partial charge in [0.05, 0.1) is 12.0 Å². The molecule has 0 heterocycles. The molecule has 7 heteroatoms. The van der Waals surface area contributed by atoms with Gasteiger partial charge in [-0.05, 0) is 61.9 Å². The number of phenolic OH excluding ortho intramolecular Hbond substituents is 1. The number of hydrogen-bond donors (Lipinski definition) is 4. The summed E-state index contributed by atoms with van der Waals surface area (Å²) in [6.07, 6.45) is 0.0180. The van der Waals surface area contributed by atoms with Gasteiger partial charge < -0.3 is 15.7 Å². The van der Waals surface area contributed by atoms with E-state index < -0.39 is 5.91 Å². The van der Waals surface area contributed by atoms with E-state index in [2.05, 4.69) is 21.2 Å². The number of anilines is 3. The van der Waals surface area contributed by atoms with Crippen LogP contribution in [0.5, 0.6) is 5.75 Å². The molecule has 0 radical (unpaired) electrons. The number of phenols is 1. The lowest BCUT2D eigenvalue weighted by molar-refractivity contribution is -0.115. The van der Waals surface area contributed by atoms with E-state index in [4.69, 9.17) is 0 Å². The van der Waals surface area contributed by atoms with E-state index in [0.29, 0.717) is 17.0 Å². The molecule has 0 saturated carbocycles. The zero-order chi connectivity index (χ0) is 22.2. The van der Waals surface area contributed by atoms with Crippen molar-refractivity contribution in [3.05, 3.63) is 83.9 Å². The number of nitrogens with zero attached hydrogens (tertiary/aromatic N) is 1. The minimum absolute atomic E-state index is 0.0180. The number of rotatable bonds is 7. The number of carbonyl (C=O) groups excluding carboxylic acids is 2. The van der Waals surface area contributed by atoms with Crippen molar-refractivity contribution >= 4 is 34.6 Å². The van der Waals surface area contributed by atoms with E-state index in [1.807, 2.05) is 42.5 Å². The maximum atomic E-state index is 12.3. The van der Waals surface area contributed by atoms with E-state index in [0.717, 1.165) is 11.4 Å². The van der Waals surface area contributed by atoms with Crippen LogP contribution in [0.25, 0.3) is 0 Å². The highest BCUT2D eigenvalue weighted by Gasteiger charge is 2.12. The Bertz CT molecular complexity index is 1090. The Hall–Kier alpha value is -4.13. The number of carbonyl (C=O) groups is 2. The van der Waals surface area contributed by atoms with Gasteiger partial charge in [0.1, 0.15) is 5.75 Å². The first-order valence-corrected chi connectivity index (χ1v) is 9.76. The van der Waals surface area contributed by atoms with Crippen LogP contribution in [0.1, 0.15) is 29.3 Å². The lowest BCUT2D eigenvalue weighted by Gasteiger charge is -2.09. The zero-order valence-electron chi connectivity index (χ0n) is 17.3. The van der Waals surface area contributed by atoms with Crippen molar-refractivity contribution in [2.24, 2.45) is 5.10 Å². The minimum atomic E-state index is -0.539. The second kappa shape index (κ2) is 10.1. The first kappa shape index (κ1) is 21.6. The predicted molar refractivity (Wildman–Crippen MR) is 123 cm³/mol. The second-order valence-electron chi connectivity index (χ2n) is 7.05. The molecule has 0 unspecified atom stereocenters. The van der Waals surface area contributed by atoms with Crippen molar-refractivity contribution in [1.82, 2.24) is 5.43 Å². The Morgan fingerprint density at radius 3 is 2.23 bits per heavy atom. The van der Waals surface area contributed by atoms with E-state index in [9.17, 15) is 14.7 Å². The third-order valence-electron chi connectivity index (χ3n) is 4.48. The summed E-state index contributed by atoms with van der Waals surface area (Å²) in [6.45, 7) is 3.35. The van der Waals surface area contributed by atoms with Crippen LogP contribution in [-0.2, 0) is 4.79 Å². The molecule has 4 N–H and O–H groups in total. The highest BCUT2D eigenvalue weighted by Crippen LogP contribution is 2.21. The summed E-state index contributed by atoms with van der Waals surface area (Å²) in [4.78, 5) is 24.4. The molecule has 0 aliphatic rings. The first-order chi connectivity index (χ1) is 14.9. The van der Waals surface area contributed by atoms with Crippen LogP contribution >= 0.6 is 0 Å². The van der Waals surface area contributed by atoms with E-state index in [1.165, 1.54) is 6.07 Å². The van der Waals surface area contributed by atoms with Gasteiger partial charge in [-0.25, -0.2) is 5.43 Å². The molecule has 0 spiro atoms. The largest absolute Gasteiger partial charge is 0.507 e. The number of para-hydroxylation sites is 2. The molecule has 158 valence electrons. The lowest BCUT2D eigenvalue weighted by Crippen LogP contribution is -2.21. The fourth-order valence-electron chi connectivity index (χ4n) is 2.85. The van der Waals surface area contributed by atoms with Crippen LogP contribution in [0.2, 0.25) is 0 Å². The number of hydrogen-bond acceptors (Lipinski definition) is 5. The van der Waals surface area contributed by atoms with Crippen LogP contribution in [0.3, 0.4) is 0 Å². The highest BCUT2D eigenvalue weighted by atomic mass is 16.3. The third kappa shape index (κ3) is 6.17. The number of hydrazone groups is 1. The monoisotopic (exact) mass is 416 g/mol. The summed E-state index contributed by atoms with van der Waals surface area (Å²) in [7, 11) is 0. The molecule has 2 amide bonds. The van der Waals surface area contributed by atoms with Crippen molar-refractivity contribution in [2.45, 2.75) is 20.3 Å². The smallest absolute Gasteiger partial charge is 0.275 e. The number of amides is 2. The topological polar surface area (TPSA) is 103 Å². The molecule has 0 saturated heterocycles. The molecule has 0 aliphatic heterocycles. The molecule has 0 atom stereocenters. The average molecular weight is 416 g/mol. The summed E-state index contributed by atoms with van der Waals surface area (Å²) in [5.41, 5.74) is 6.07. The molecule has 7 nitrogen and oxygen atoms in total. The zero-order valence-corrected chi connectivity index (χ0v) is 17.3. The van der Waals surface area contributed by atoms with Crippen molar-refractivity contribution in [1.29, 1.82) is 0 Å². The lowest BCUT2D eigenvalue weighted by atomic mass is 10.1. The Labute approximate surface area is 180 Å². The van der Waals surface area contributed by atoms with Crippen LogP contribution in [0.4, 0.5) is 17.1 Å². The quantitative estimate of drug-likeness (QED) is 0.334. The molecule has 31 heavy (non-hydrogen) atoms. The predicted octanol–water partition coefficient (Wildman–Crippen LogP) is 4.58. The molecule has 0 aromatic heterocycles. The van der Waals surface area contributed by atoms with Crippen molar-refractivity contribution in [3.63, 3.8) is 0 Å². The molecule has 3 aromatic rings. The molecule has 0 bridgehead atoms. The Morgan fingerprint density at radius 2 is 1.52 bits per heavy atom. The van der Waals surface area contributed by atoms with Crippen molar-refractivity contribution < 1.29 is 14.7 Å². The fraction of sp³-hybridized carbons (Fsp3) is 0.125. The maximum absolute atomic E-state index is 12.3. The summed E-state index contributed by atoms with van der Waals surface area (Å²) < 4.78 is 0. The molecule has 3 rings (SSSR count). The van der Waals surface area contributed by atoms with Gasteiger partial charge in [-0.3, -0.25) is 9.59 Å². The molecule has 0 fully saturated rings. The van der Waals surface area contributed by atoms with Gasteiger partial charge in [0.25, 0.3) is 5.91 Å². The van der Waals surface area contributed by atoms with Gasteiger partial charge in [-0.1, -0.05) is 30.3 Å². The van der Waals surface area contributed by atoms with E-state index in [1.54, 1.807) is 38.1 Å². The van der Waals surface area contributed by atoms with Gasteiger partial charge in [0.15, 0.2) is 0 Å². The highest BCUT2D eigenvalue weighted by molar-refractivity contribution is 6.06. The fourth-order valence-corrected chi connectivity index (χ4v) is 2.85. The number of aryl methyl sites for hydroxylation is 1. The van der Waals surface area contributed by atoms with Crippen molar-refractivity contribution in [3.8, 4) is 5.75 Å². The van der Waals surface area contributed by atoms with Crippen LogP contribution in [-0.4, -0.2) is 22.6 Å². The Balaban J connectivity index is 1.51. The summed E-state index contributed by atoms with van der Waals surface area (Å²) in [6, 6.07) is 22.0. The molecular weight excluding hydrogens is 392 g/mol. The Kier molecular flexibility index (Phi) is 7.01. The van der Waals surface area contributed by atoms with Gasteiger partial charge in [0.2, 0.25) is 5.91 Å². The molecular formula is C24H24N4O3. The summed E-state index contributed by atoms with van der Waals surface area (Å²) in [5.74, 6) is -0.879. The van der Waals surface area contributed by atoms with Crippen LogP contribution in [0.15, 0.2) is 77.9 Å². The van der Waals surface area contributed by atoms with E-state index >= 15 is 0 Å². The standard InChI is InChI=1S/C24H24N4O3/c1-16-7-6-10-21(23(16)30)24(31)28-27-17(2)15-22(29)26-20-13-11-19(12-14-20)25-18-8-4-3-5-9-18/h3-14,25,30H,15H2,1-2H3,(H,26,29)(H,28,31)/b27-17-. The molecule has 3 aromatic carbocycles. The first-order valence-electron chi connectivity index (χ1n) is 9.76. The second-order valence-corrected chi connectivity index (χ2v) is 7.05. The number of aromatic hydroxyl groups is 1. The van der Waals surface area contributed by atoms with Gasteiger partial charge in [0, 0.05) is 22.8 Å². The normalized spacial score (nSPS) is 11.0. The summed E-state index contributed by atoms with van der Waals surface area (Å²) >= 11 is 0. The minimum Gasteiger partial charge on any atom is -0.507 e.